The Balaban J connectivity index is 2.49. The number of hydrogen-bond acceptors (Lipinski definition) is 3. The zero-order valence-electron chi connectivity index (χ0n) is 10.3. The molecule has 0 aliphatic carbocycles. The summed E-state index contributed by atoms with van der Waals surface area (Å²) in [5, 5.41) is 0. The minimum absolute atomic E-state index is 0.192. The number of hydrogen-bond donors (Lipinski definition) is 2. The fourth-order valence-electron chi connectivity index (χ4n) is 1.94. The number of nitrogens with two attached hydrogens (primary N) is 1. The molecule has 96 valence electrons. The van der Waals surface area contributed by atoms with Crippen LogP contribution in [0.1, 0.15) is 15.9 Å². The summed E-state index contributed by atoms with van der Waals surface area (Å²) in [7, 11) is 0. The number of aldehydes is 1. The van der Waals surface area contributed by atoms with E-state index < -0.39 is 5.91 Å². The SMILES string of the molecule is NNC(=O)c1cc(-c2ccccc2)ccc1CC=O. The fourth-order valence-corrected chi connectivity index (χ4v) is 1.94. The van der Waals surface area contributed by atoms with E-state index in [1.807, 2.05) is 36.4 Å². The lowest BCUT2D eigenvalue weighted by molar-refractivity contribution is -0.107. The molecule has 2 aromatic carbocycles. The second-order valence-electron chi connectivity index (χ2n) is 4.08. The molecule has 0 bridgehead atoms. The van der Waals surface area contributed by atoms with Crippen LogP contribution in [0.25, 0.3) is 11.1 Å². The van der Waals surface area contributed by atoms with E-state index in [-0.39, 0.29) is 6.42 Å². The van der Waals surface area contributed by atoms with Crippen molar-refractivity contribution >= 4 is 12.2 Å². The predicted molar refractivity (Wildman–Crippen MR) is 73.3 cm³/mol. The molecule has 0 aliphatic heterocycles. The number of carbonyl (C=O) groups is 2. The van der Waals surface area contributed by atoms with Crippen molar-refractivity contribution in [2.75, 3.05) is 0 Å². The monoisotopic (exact) mass is 254 g/mol. The number of rotatable bonds is 4. The van der Waals surface area contributed by atoms with Crippen molar-refractivity contribution in [1.29, 1.82) is 0 Å². The Bertz CT molecular complexity index is 594. The third-order valence-corrected chi connectivity index (χ3v) is 2.90. The first-order valence-electron chi connectivity index (χ1n) is 5.89. The van der Waals surface area contributed by atoms with Gasteiger partial charge in [0.05, 0.1) is 0 Å². The summed E-state index contributed by atoms with van der Waals surface area (Å²) in [6, 6.07) is 15.1. The van der Waals surface area contributed by atoms with Gasteiger partial charge in [-0.1, -0.05) is 42.5 Å². The highest BCUT2D eigenvalue weighted by Gasteiger charge is 2.11. The number of carbonyl (C=O) groups excluding carboxylic acids is 2. The van der Waals surface area contributed by atoms with Crippen molar-refractivity contribution in [2.45, 2.75) is 6.42 Å². The summed E-state index contributed by atoms with van der Waals surface area (Å²) in [5.74, 6) is 4.78. The Morgan fingerprint density at radius 1 is 1.11 bits per heavy atom. The van der Waals surface area contributed by atoms with E-state index in [1.165, 1.54) is 0 Å². The van der Waals surface area contributed by atoms with Crippen LogP contribution in [-0.2, 0) is 11.2 Å². The first kappa shape index (κ1) is 13.0. The van der Waals surface area contributed by atoms with Crippen LogP contribution < -0.4 is 11.3 Å². The highest BCUT2D eigenvalue weighted by atomic mass is 16.2. The van der Waals surface area contributed by atoms with E-state index in [0.717, 1.165) is 17.4 Å². The van der Waals surface area contributed by atoms with Gasteiger partial charge >= 0.3 is 0 Å². The van der Waals surface area contributed by atoms with Crippen molar-refractivity contribution in [3.05, 3.63) is 59.7 Å². The highest BCUT2D eigenvalue weighted by Crippen LogP contribution is 2.22. The molecule has 4 heteroatoms. The van der Waals surface area contributed by atoms with Crippen LogP contribution in [0.2, 0.25) is 0 Å². The van der Waals surface area contributed by atoms with Crippen LogP contribution in [0.15, 0.2) is 48.5 Å². The molecule has 0 atom stereocenters. The van der Waals surface area contributed by atoms with E-state index in [9.17, 15) is 9.59 Å². The molecule has 2 aromatic rings. The van der Waals surface area contributed by atoms with E-state index in [4.69, 9.17) is 5.84 Å². The van der Waals surface area contributed by atoms with Crippen LogP contribution in [0.3, 0.4) is 0 Å². The average molecular weight is 254 g/mol. The van der Waals surface area contributed by atoms with E-state index in [0.29, 0.717) is 11.1 Å². The quantitative estimate of drug-likeness (QED) is 0.377. The Kier molecular flexibility index (Phi) is 4.05. The zero-order valence-corrected chi connectivity index (χ0v) is 10.3. The molecule has 2 rings (SSSR count). The first-order valence-corrected chi connectivity index (χ1v) is 5.89. The zero-order chi connectivity index (χ0) is 13.7. The Morgan fingerprint density at radius 2 is 1.84 bits per heavy atom. The largest absolute Gasteiger partial charge is 0.303 e. The van der Waals surface area contributed by atoms with Crippen molar-refractivity contribution in [2.24, 2.45) is 5.84 Å². The molecule has 0 saturated heterocycles. The first-order chi connectivity index (χ1) is 9.26. The molecule has 19 heavy (non-hydrogen) atoms. The van der Waals surface area contributed by atoms with Gasteiger partial charge < -0.3 is 4.79 Å². The number of amides is 1. The maximum atomic E-state index is 11.7. The fraction of sp³-hybridized carbons (Fsp3) is 0.0667. The maximum Gasteiger partial charge on any atom is 0.265 e. The number of nitrogens with one attached hydrogen (secondary N) is 1. The molecule has 3 N–H and O–H groups in total. The molecular weight excluding hydrogens is 240 g/mol. The summed E-state index contributed by atoms with van der Waals surface area (Å²) in [4.78, 5) is 22.4. The molecule has 0 saturated carbocycles. The third kappa shape index (κ3) is 2.86. The van der Waals surface area contributed by atoms with E-state index in [2.05, 4.69) is 5.43 Å². The number of hydrazine groups is 1. The second kappa shape index (κ2) is 5.93. The minimum atomic E-state index is -0.394. The standard InChI is InChI=1S/C15H14N2O2/c16-17-15(19)14-10-13(7-6-12(14)8-9-18)11-4-2-1-3-5-11/h1-7,9-10H,8,16H2,(H,17,19). The lowest BCUT2D eigenvalue weighted by Gasteiger charge is -2.09. The van der Waals surface area contributed by atoms with Gasteiger partial charge in [-0.25, -0.2) is 5.84 Å². The summed E-state index contributed by atoms with van der Waals surface area (Å²) in [5.41, 5.74) is 5.11. The molecule has 0 aliphatic rings. The third-order valence-electron chi connectivity index (χ3n) is 2.90. The van der Waals surface area contributed by atoms with Gasteiger partial charge in [-0.15, -0.1) is 0 Å². The van der Waals surface area contributed by atoms with Crippen LogP contribution in [0, 0.1) is 0 Å². The molecule has 0 aromatic heterocycles. The lowest BCUT2D eigenvalue weighted by atomic mass is 9.97. The molecule has 1 amide bonds. The molecule has 4 nitrogen and oxygen atoms in total. The molecule has 0 fully saturated rings. The van der Waals surface area contributed by atoms with Crippen molar-refractivity contribution < 1.29 is 9.59 Å². The van der Waals surface area contributed by atoms with Gasteiger partial charge in [-0.05, 0) is 22.8 Å². The normalized spacial score (nSPS) is 9.95. The van der Waals surface area contributed by atoms with E-state index in [1.54, 1.807) is 12.1 Å². The lowest BCUT2D eigenvalue weighted by Crippen LogP contribution is -2.30. The van der Waals surface area contributed by atoms with Crippen LogP contribution in [0.5, 0.6) is 0 Å². The topological polar surface area (TPSA) is 72.2 Å². The van der Waals surface area contributed by atoms with Gasteiger partial charge in [0.25, 0.3) is 5.91 Å². The van der Waals surface area contributed by atoms with Crippen molar-refractivity contribution in [3.63, 3.8) is 0 Å². The predicted octanol–water partition coefficient (Wildman–Crippen LogP) is 1.70. The van der Waals surface area contributed by atoms with Gasteiger partial charge in [0.15, 0.2) is 0 Å². The Labute approximate surface area is 111 Å². The smallest absolute Gasteiger partial charge is 0.265 e. The van der Waals surface area contributed by atoms with Crippen molar-refractivity contribution in [1.82, 2.24) is 5.43 Å². The van der Waals surface area contributed by atoms with Gasteiger partial charge in [-0.2, -0.15) is 0 Å². The van der Waals surface area contributed by atoms with Crippen LogP contribution in [0.4, 0.5) is 0 Å². The Hall–Kier alpha value is -2.46. The van der Waals surface area contributed by atoms with Gasteiger partial charge in [0.1, 0.15) is 6.29 Å². The summed E-state index contributed by atoms with van der Waals surface area (Å²) in [6.07, 6.45) is 0.961. The second-order valence-corrected chi connectivity index (χ2v) is 4.08. The molecule has 0 radical (unpaired) electrons. The summed E-state index contributed by atoms with van der Waals surface area (Å²) < 4.78 is 0. The van der Waals surface area contributed by atoms with Gasteiger partial charge in [-0.3, -0.25) is 10.2 Å². The summed E-state index contributed by atoms with van der Waals surface area (Å²) >= 11 is 0. The van der Waals surface area contributed by atoms with Crippen LogP contribution in [-0.4, -0.2) is 12.2 Å². The molecular formula is C15H14N2O2. The molecule has 0 unspecified atom stereocenters. The average Bonchev–Trinajstić information content (AvgIpc) is 2.48. The van der Waals surface area contributed by atoms with Crippen LogP contribution >= 0.6 is 0 Å². The highest BCUT2D eigenvalue weighted by molar-refractivity contribution is 5.97. The van der Waals surface area contributed by atoms with E-state index >= 15 is 0 Å². The minimum Gasteiger partial charge on any atom is -0.303 e. The molecule has 0 spiro atoms. The molecule has 0 heterocycles. The van der Waals surface area contributed by atoms with Gasteiger partial charge in [0.2, 0.25) is 0 Å². The van der Waals surface area contributed by atoms with Crippen molar-refractivity contribution in [3.8, 4) is 11.1 Å². The Morgan fingerprint density at radius 3 is 2.47 bits per heavy atom. The number of nitrogen functional groups attached to an aromatic ring is 1. The maximum absolute atomic E-state index is 11.7. The number of benzene rings is 2. The summed E-state index contributed by atoms with van der Waals surface area (Å²) in [6.45, 7) is 0. The van der Waals surface area contributed by atoms with Gasteiger partial charge in [0, 0.05) is 12.0 Å².